The molecule has 1 unspecified atom stereocenters. The van der Waals surface area contributed by atoms with Gasteiger partial charge < -0.3 is 15.1 Å². The summed E-state index contributed by atoms with van der Waals surface area (Å²) < 4.78 is 1.91. The molecule has 1 aromatic rings. The molecule has 1 fully saturated rings. The van der Waals surface area contributed by atoms with Crippen LogP contribution in [0, 0.1) is 5.92 Å². The van der Waals surface area contributed by atoms with Gasteiger partial charge in [0.15, 0.2) is 5.96 Å². The van der Waals surface area contributed by atoms with Crippen molar-refractivity contribution >= 4 is 5.96 Å². The molecule has 0 aliphatic carbocycles. The summed E-state index contributed by atoms with van der Waals surface area (Å²) in [6.07, 6.45) is 6.23. The zero-order valence-corrected chi connectivity index (χ0v) is 17.6. The molecule has 2 rings (SSSR count). The first-order chi connectivity index (χ1) is 12.4. The van der Waals surface area contributed by atoms with Crippen molar-refractivity contribution in [1.29, 1.82) is 0 Å². The maximum absolute atomic E-state index is 4.61. The monoisotopic (exact) mass is 362 g/mol. The van der Waals surface area contributed by atoms with E-state index in [-0.39, 0.29) is 0 Å². The molecular formula is C20H38N6. The van der Waals surface area contributed by atoms with Gasteiger partial charge in [0.2, 0.25) is 0 Å². The third-order valence-electron chi connectivity index (χ3n) is 5.09. The number of likely N-dealkylation sites (tertiary alicyclic amines) is 1. The molecule has 0 saturated carbocycles. The number of aliphatic imine (C=N–C) groups is 1. The van der Waals surface area contributed by atoms with E-state index in [1.54, 1.807) is 0 Å². The van der Waals surface area contributed by atoms with Crippen LogP contribution in [0.15, 0.2) is 11.2 Å². The summed E-state index contributed by atoms with van der Waals surface area (Å²) in [5.74, 6) is 2.00. The lowest BCUT2D eigenvalue weighted by Gasteiger charge is -2.30. The summed E-state index contributed by atoms with van der Waals surface area (Å²) >= 11 is 0. The van der Waals surface area contributed by atoms with Gasteiger partial charge in [-0.2, -0.15) is 5.10 Å². The van der Waals surface area contributed by atoms with Gasteiger partial charge in [0.25, 0.3) is 0 Å². The molecule has 0 radical (unpaired) electrons. The Morgan fingerprint density at radius 2 is 1.96 bits per heavy atom. The molecule has 1 atom stereocenters. The predicted octanol–water partition coefficient (Wildman–Crippen LogP) is 2.67. The van der Waals surface area contributed by atoms with Crippen LogP contribution in [0.3, 0.4) is 0 Å². The van der Waals surface area contributed by atoms with E-state index in [9.17, 15) is 0 Å². The Bertz CT molecular complexity index is 571. The second-order valence-corrected chi connectivity index (χ2v) is 8.12. The van der Waals surface area contributed by atoms with Crippen LogP contribution in [-0.2, 0) is 13.6 Å². The maximum Gasteiger partial charge on any atom is 0.193 e. The van der Waals surface area contributed by atoms with E-state index in [1.165, 1.54) is 50.2 Å². The zero-order valence-electron chi connectivity index (χ0n) is 17.6. The van der Waals surface area contributed by atoms with Gasteiger partial charge in [-0.15, -0.1) is 0 Å². The molecule has 148 valence electrons. The van der Waals surface area contributed by atoms with Crippen molar-refractivity contribution in [1.82, 2.24) is 24.9 Å². The Morgan fingerprint density at radius 3 is 2.58 bits per heavy atom. The number of piperidine rings is 1. The molecule has 1 saturated heterocycles. The van der Waals surface area contributed by atoms with Crippen LogP contribution < -0.4 is 5.32 Å². The molecule has 1 aliphatic heterocycles. The molecule has 1 aliphatic rings. The first-order valence-electron chi connectivity index (χ1n) is 10.1. The number of aromatic nitrogens is 2. The van der Waals surface area contributed by atoms with Gasteiger partial charge in [-0.25, -0.2) is 0 Å². The van der Waals surface area contributed by atoms with Crippen LogP contribution >= 0.6 is 0 Å². The summed E-state index contributed by atoms with van der Waals surface area (Å²) in [6.45, 7) is 12.2. The van der Waals surface area contributed by atoms with Crippen LogP contribution in [0.1, 0.15) is 57.2 Å². The normalized spacial score (nSPS) is 17.6. The fraction of sp³-hybridized carbons (Fsp3) is 0.800. The van der Waals surface area contributed by atoms with Crippen molar-refractivity contribution in [2.75, 3.05) is 40.3 Å². The van der Waals surface area contributed by atoms with Gasteiger partial charge in [-0.1, -0.05) is 27.2 Å². The molecule has 0 spiro atoms. The van der Waals surface area contributed by atoms with Crippen LogP contribution in [0.5, 0.6) is 0 Å². The summed E-state index contributed by atoms with van der Waals surface area (Å²) in [5.41, 5.74) is 2.45. The van der Waals surface area contributed by atoms with Crippen LogP contribution in [-0.4, -0.2) is 65.8 Å². The molecule has 1 N–H and O–H groups in total. The van der Waals surface area contributed by atoms with Crippen molar-refractivity contribution < 1.29 is 0 Å². The predicted molar refractivity (Wildman–Crippen MR) is 110 cm³/mol. The number of nitrogens with one attached hydrogen (secondary N) is 1. The topological polar surface area (TPSA) is 48.7 Å². The van der Waals surface area contributed by atoms with Crippen molar-refractivity contribution in [3.05, 3.63) is 17.5 Å². The van der Waals surface area contributed by atoms with Crippen LogP contribution in [0.4, 0.5) is 0 Å². The minimum atomic E-state index is 0.430. The number of nitrogens with zero attached hydrogens (tertiary/aromatic N) is 5. The molecule has 0 bridgehead atoms. The Balaban J connectivity index is 1.85. The van der Waals surface area contributed by atoms with E-state index in [4.69, 9.17) is 0 Å². The van der Waals surface area contributed by atoms with E-state index in [0.29, 0.717) is 11.8 Å². The maximum atomic E-state index is 4.61. The Hall–Kier alpha value is -1.56. The number of aryl methyl sites for hydroxylation is 1. The highest BCUT2D eigenvalue weighted by atomic mass is 15.3. The Labute approximate surface area is 159 Å². The molecule has 26 heavy (non-hydrogen) atoms. The van der Waals surface area contributed by atoms with E-state index < -0.39 is 0 Å². The summed E-state index contributed by atoms with van der Waals surface area (Å²) in [4.78, 5) is 9.27. The van der Waals surface area contributed by atoms with Crippen molar-refractivity contribution in [3.63, 3.8) is 0 Å². The van der Waals surface area contributed by atoms with Crippen molar-refractivity contribution in [2.24, 2.45) is 18.0 Å². The van der Waals surface area contributed by atoms with Crippen LogP contribution in [0.25, 0.3) is 0 Å². The van der Waals surface area contributed by atoms with E-state index in [2.05, 4.69) is 59.2 Å². The standard InChI is InChI=1S/C20H38N6/c1-16(2)19-18(15-25(6)23-19)14-24(5)20(21-4)22-12-17(3)13-26-10-8-7-9-11-26/h15-17H,7-14H2,1-6H3,(H,21,22). The molecule has 1 aromatic heterocycles. The quantitative estimate of drug-likeness (QED) is 0.598. The van der Waals surface area contributed by atoms with E-state index >= 15 is 0 Å². The first kappa shape index (κ1) is 20.7. The van der Waals surface area contributed by atoms with Gasteiger partial charge in [-0.05, 0) is 37.8 Å². The highest BCUT2D eigenvalue weighted by molar-refractivity contribution is 5.79. The second-order valence-electron chi connectivity index (χ2n) is 8.12. The molecule has 2 heterocycles. The van der Waals surface area contributed by atoms with E-state index in [1.807, 2.05) is 18.8 Å². The smallest absolute Gasteiger partial charge is 0.193 e. The first-order valence-corrected chi connectivity index (χ1v) is 10.1. The molecular weight excluding hydrogens is 324 g/mol. The minimum Gasteiger partial charge on any atom is -0.356 e. The average molecular weight is 363 g/mol. The third kappa shape index (κ3) is 6.01. The Morgan fingerprint density at radius 1 is 1.27 bits per heavy atom. The van der Waals surface area contributed by atoms with Gasteiger partial charge >= 0.3 is 0 Å². The number of guanidine groups is 1. The summed E-state index contributed by atoms with van der Waals surface area (Å²) in [5, 5.41) is 8.17. The fourth-order valence-corrected chi connectivity index (χ4v) is 3.79. The zero-order chi connectivity index (χ0) is 19.1. The highest BCUT2D eigenvalue weighted by Gasteiger charge is 2.17. The molecule has 0 aromatic carbocycles. The third-order valence-corrected chi connectivity index (χ3v) is 5.09. The Kier molecular flexibility index (Phi) is 7.94. The van der Waals surface area contributed by atoms with Crippen molar-refractivity contribution in [2.45, 2.75) is 52.5 Å². The second kappa shape index (κ2) is 9.95. The molecule has 0 amide bonds. The van der Waals surface area contributed by atoms with Crippen LogP contribution in [0.2, 0.25) is 0 Å². The van der Waals surface area contributed by atoms with Gasteiger partial charge in [-0.3, -0.25) is 9.67 Å². The summed E-state index contributed by atoms with van der Waals surface area (Å²) in [6, 6.07) is 0. The van der Waals surface area contributed by atoms with E-state index in [0.717, 1.165) is 19.0 Å². The number of hydrogen-bond acceptors (Lipinski definition) is 3. The number of hydrogen-bond donors (Lipinski definition) is 1. The largest absolute Gasteiger partial charge is 0.356 e. The fourth-order valence-electron chi connectivity index (χ4n) is 3.79. The van der Waals surface area contributed by atoms with Crippen molar-refractivity contribution in [3.8, 4) is 0 Å². The SMILES string of the molecule is CN=C(NCC(C)CN1CCCCC1)N(C)Cc1cn(C)nc1C(C)C. The lowest BCUT2D eigenvalue weighted by Crippen LogP contribution is -2.43. The number of rotatable bonds is 7. The lowest BCUT2D eigenvalue weighted by molar-refractivity contribution is 0.200. The minimum absolute atomic E-state index is 0.430. The lowest BCUT2D eigenvalue weighted by atomic mass is 10.1. The highest BCUT2D eigenvalue weighted by Crippen LogP contribution is 2.18. The van der Waals surface area contributed by atoms with Gasteiger partial charge in [0.1, 0.15) is 0 Å². The van der Waals surface area contributed by atoms with Gasteiger partial charge in [0, 0.05) is 52.5 Å². The molecule has 6 heteroatoms. The van der Waals surface area contributed by atoms with Gasteiger partial charge in [0.05, 0.1) is 5.69 Å². The molecule has 6 nitrogen and oxygen atoms in total. The summed E-state index contributed by atoms with van der Waals surface area (Å²) in [7, 11) is 5.95. The average Bonchev–Trinajstić information content (AvgIpc) is 2.97.